The molecule has 0 saturated heterocycles. The van der Waals surface area contributed by atoms with Crippen molar-refractivity contribution in [3.63, 3.8) is 0 Å². The van der Waals surface area contributed by atoms with Gasteiger partial charge in [0.25, 0.3) is 0 Å². The number of halogens is 2. The summed E-state index contributed by atoms with van der Waals surface area (Å²) in [6.07, 6.45) is 2.24. The summed E-state index contributed by atoms with van der Waals surface area (Å²) in [5, 5.41) is 14.2. The van der Waals surface area contributed by atoms with Crippen molar-refractivity contribution in [1.82, 2.24) is 25.1 Å². The molecule has 0 radical (unpaired) electrons. The minimum Gasteiger partial charge on any atom is -0.325 e. The van der Waals surface area contributed by atoms with E-state index in [2.05, 4.69) is 20.8 Å². The van der Waals surface area contributed by atoms with Crippen LogP contribution in [0.2, 0.25) is 5.02 Å². The molecule has 1 unspecified atom stereocenters. The van der Waals surface area contributed by atoms with Crippen molar-refractivity contribution in [3.8, 4) is 5.69 Å². The number of nitrogens with zero attached hydrogens (tertiary/aromatic N) is 6. The second-order valence-electron chi connectivity index (χ2n) is 8.68. The van der Waals surface area contributed by atoms with Crippen LogP contribution in [0.25, 0.3) is 5.69 Å². The van der Waals surface area contributed by atoms with E-state index in [9.17, 15) is 18.8 Å². The highest BCUT2D eigenvalue weighted by molar-refractivity contribution is 6.31. The van der Waals surface area contributed by atoms with Crippen LogP contribution in [0.5, 0.6) is 0 Å². The minimum atomic E-state index is -0.795. The van der Waals surface area contributed by atoms with Crippen molar-refractivity contribution in [2.24, 2.45) is 0 Å². The molecular weight excluding hydrogens is 525 g/mol. The van der Waals surface area contributed by atoms with E-state index in [0.717, 1.165) is 5.56 Å². The Kier molecular flexibility index (Phi) is 9.08. The Labute approximate surface area is 229 Å². The van der Waals surface area contributed by atoms with E-state index in [1.54, 1.807) is 30.1 Å². The predicted octanol–water partition coefficient (Wildman–Crippen LogP) is 3.17. The lowest BCUT2D eigenvalue weighted by Gasteiger charge is -2.30. The molecule has 1 atom stereocenters. The Morgan fingerprint density at radius 2 is 1.90 bits per heavy atom. The SMILES string of the molecule is CN(CC(=O)N(CC=O)c1cc(Cl)ccc1-n1cnnn1)C(Cc1ccccc1)C(=O)Nc1cccc(F)c1. The van der Waals surface area contributed by atoms with E-state index >= 15 is 0 Å². The number of tetrazole rings is 1. The fourth-order valence-corrected chi connectivity index (χ4v) is 4.24. The van der Waals surface area contributed by atoms with Gasteiger partial charge in [0.2, 0.25) is 11.8 Å². The number of nitrogens with one attached hydrogen (secondary N) is 1. The molecule has 200 valence electrons. The number of hydrogen-bond donors (Lipinski definition) is 1. The number of carbonyl (C=O) groups is 3. The van der Waals surface area contributed by atoms with Crippen molar-refractivity contribution in [2.75, 3.05) is 30.4 Å². The number of anilines is 2. The highest BCUT2D eigenvalue weighted by Crippen LogP contribution is 2.28. The molecule has 4 rings (SSSR count). The first-order valence-electron chi connectivity index (χ1n) is 11.9. The summed E-state index contributed by atoms with van der Waals surface area (Å²) in [4.78, 5) is 41.4. The van der Waals surface area contributed by atoms with E-state index in [1.807, 2.05) is 30.3 Å². The summed E-state index contributed by atoms with van der Waals surface area (Å²) in [6.45, 7) is -0.482. The van der Waals surface area contributed by atoms with Crippen molar-refractivity contribution in [3.05, 3.63) is 95.5 Å². The molecule has 0 aliphatic heterocycles. The van der Waals surface area contributed by atoms with Gasteiger partial charge >= 0.3 is 0 Å². The monoisotopic (exact) mass is 549 g/mol. The summed E-state index contributed by atoms with van der Waals surface area (Å²) in [5.74, 6) is -1.36. The summed E-state index contributed by atoms with van der Waals surface area (Å²) in [7, 11) is 1.63. The third-order valence-electron chi connectivity index (χ3n) is 5.97. The lowest BCUT2D eigenvalue weighted by Crippen LogP contribution is -2.49. The Hall–Kier alpha value is -4.48. The molecule has 3 aromatic carbocycles. The molecule has 12 heteroatoms. The van der Waals surface area contributed by atoms with Gasteiger partial charge in [-0.1, -0.05) is 48.0 Å². The van der Waals surface area contributed by atoms with E-state index in [1.165, 1.54) is 40.2 Å². The topological polar surface area (TPSA) is 113 Å². The molecular formula is C27H25ClFN7O3. The van der Waals surface area contributed by atoms with Gasteiger partial charge in [-0.25, -0.2) is 4.39 Å². The molecule has 0 bridgehead atoms. The lowest BCUT2D eigenvalue weighted by molar-refractivity contribution is -0.124. The number of amides is 2. The quantitative estimate of drug-likeness (QED) is 0.286. The fraction of sp³-hybridized carbons (Fsp3) is 0.185. The molecule has 0 fully saturated rings. The van der Waals surface area contributed by atoms with Crippen LogP contribution in [-0.4, -0.2) is 69.4 Å². The molecule has 2 amide bonds. The second-order valence-corrected chi connectivity index (χ2v) is 9.12. The van der Waals surface area contributed by atoms with Crippen LogP contribution in [0.4, 0.5) is 15.8 Å². The van der Waals surface area contributed by atoms with Crippen LogP contribution in [-0.2, 0) is 20.8 Å². The Balaban J connectivity index is 1.60. The molecule has 1 heterocycles. The first kappa shape index (κ1) is 27.6. The molecule has 0 aliphatic carbocycles. The zero-order valence-electron chi connectivity index (χ0n) is 20.9. The van der Waals surface area contributed by atoms with Crippen molar-refractivity contribution >= 4 is 41.1 Å². The van der Waals surface area contributed by atoms with Gasteiger partial charge in [0.05, 0.1) is 30.5 Å². The number of aromatic nitrogens is 4. The molecule has 0 spiro atoms. The number of aldehydes is 1. The fourth-order valence-electron chi connectivity index (χ4n) is 4.07. The Morgan fingerprint density at radius 3 is 2.59 bits per heavy atom. The van der Waals surface area contributed by atoms with Crippen molar-refractivity contribution in [2.45, 2.75) is 12.5 Å². The maximum Gasteiger partial charge on any atom is 0.242 e. The van der Waals surface area contributed by atoms with Gasteiger partial charge < -0.3 is 15.0 Å². The number of likely N-dealkylation sites (N-methyl/N-ethyl adjacent to an activating group) is 1. The maximum absolute atomic E-state index is 13.7. The molecule has 39 heavy (non-hydrogen) atoms. The predicted molar refractivity (Wildman–Crippen MR) is 144 cm³/mol. The summed E-state index contributed by atoms with van der Waals surface area (Å²) < 4.78 is 15.1. The van der Waals surface area contributed by atoms with E-state index in [4.69, 9.17) is 11.6 Å². The van der Waals surface area contributed by atoms with Crippen LogP contribution < -0.4 is 10.2 Å². The van der Waals surface area contributed by atoms with Gasteiger partial charge in [-0.15, -0.1) is 5.10 Å². The molecule has 1 N–H and O–H groups in total. The minimum absolute atomic E-state index is 0.219. The van der Waals surface area contributed by atoms with Crippen LogP contribution in [0.1, 0.15) is 5.56 Å². The number of carbonyl (C=O) groups excluding carboxylic acids is 3. The molecule has 0 saturated carbocycles. The Morgan fingerprint density at radius 1 is 1.10 bits per heavy atom. The van der Waals surface area contributed by atoms with Crippen LogP contribution >= 0.6 is 11.6 Å². The first-order chi connectivity index (χ1) is 18.9. The van der Waals surface area contributed by atoms with Crippen LogP contribution in [0.3, 0.4) is 0 Å². The molecule has 10 nitrogen and oxygen atoms in total. The van der Waals surface area contributed by atoms with Crippen LogP contribution in [0, 0.1) is 5.82 Å². The van der Waals surface area contributed by atoms with E-state index in [0.29, 0.717) is 28.4 Å². The van der Waals surface area contributed by atoms with Crippen LogP contribution in [0.15, 0.2) is 79.1 Å². The lowest BCUT2D eigenvalue weighted by atomic mass is 10.0. The van der Waals surface area contributed by atoms with Crippen molar-refractivity contribution < 1.29 is 18.8 Å². The summed E-state index contributed by atoms with van der Waals surface area (Å²) in [6, 6.07) is 18.9. The normalized spacial score (nSPS) is 11.7. The number of rotatable bonds is 11. The Bertz CT molecular complexity index is 1440. The maximum atomic E-state index is 13.7. The van der Waals surface area contributed by atoms with E-state index < -0.39 is 23.7 Å². The number of hydrogen-bond acceptors (Lipinski definition) is 7. The van der Waals surface area contributed by atoms with Gasteiger partial charge in [-0.2, -0.15) is 4.68 Å². The average Bonchev–Trinajstić information content (AvgIpc) is 3.45. The second kappa shape index (κ2) is 12.9. The zero-order valence-corrected chi connectivity index (χ0v) is 21.7. The first-order valence-corrected chi connectivity index (χ1v) is 12.3. The van der Waals surface area contributed by atoms with Crippen molar-refractivity contribution in [1.29, 1.82) is 0 Å². The van der Waals surface area contributed by atoms with Gasteiger partial charge in [-0.05, 0) is 65.9 Å². The summed E-state index contributed by atoms with van der Waals surface area (Å²) in [5.41, 5.74) is 1.93. The highest BCUT2D eigenvalue weighted by Gasteiger charge is 2.28. The highest BCUT2D eigenvalue weighted by atomic mass is 35.5. The van der Waals surface area contributed by atoms with Gasteiger partial charge in [0, 0.05) is 10.7 Å². The third kappa shape index (κ3) is 7.09. The molecule has 4 aromatic rings. The average molecular weight is 550 g/mol. The zero-order chi connectivity index (χ0) is 27.8. The smallest absolute Gasteiger partial charge is 0.242 e. The largest absolute Gasteiger partial charge is 0.325 e. The van der Waals surface area contributed by atoms with Gasteiger partial charge in [-0.3, -0.25) is 14.5 Å². The number of benzene rings is 3. The standard InChI is InChI=1S/C27H25ClFN7O3/c1-34(25(14-19-6-3-2-4-7-19)27(39)31-22-9-5-8-21(29)16-22)17-26(38)35(12-13-37)24-15-20(28)10-11-23(24)36-18-30-32-33-36/h2-11,13,15-16,18,25H,12,14,17H2,1H3,(H,31,39). The van der Waals surface area contributed by atoms with Gasteiger partial charge in [0.15, 0.2) is 0 Å². The molecule has 0 aliphatic rings. The van der Waals surface area contributed by atoms with Gasteiger partial charge in [0.1, 0.15) is 18.4 Å². The molecule has 1 aromatic heterocycles. The third-order valence-corrected chi connectivity index (χ3v) is 6.20. The van der Waals surface area contributed by atoms with E-state index in [-0.39, 0.29) is 19.5 Å². The summed E-state index contributed by atoms with van der Waals surface area (Å²) >= 11 is 6.23.